The zero-order chi connectivity index (χ0) is 16.2. The highest BCUT2D eigenvalue weighted by molar-refractivity contribution is 5.51. The van der Waals surface area contributed by atoms with Gasteiger partial charge in [0.2, 0.25) is 0 Å². The van der Waals surface area contributed by atoms with E-state index in [0.29, 0.717) is 5.69 Å². The molecule has 2 aromatic rings. The summed E-state index contributed by atoms with van der Waals surface area (Å²) in [6, 6.07) is 10.5. The first-order valence-electron chi connectivity index (χ1n) is 8.11. The predicted octanol–water partition coefficient (Wildman–Crippen LogP) is 1.84. The molecule has 0 bridgehead atoms. The lowest BCUT2D eigenvalue weighted by Gasteiger charge is -2.34. The molecule has 1 aromatic carbocycles. The molecule has 0 N–H and O–H groups in total. The summed E-state index contributed by atoms with van der Waals surface area (Å²) in [4.78, 5) is 4.75. The molecule has 0 spiro atoms. The van der Waals surface area contributed by atoms with E-state index < -0.39 is 0 Å². The zero-order valence-corrected chi connectivity index (χ0v) is 13.7. The standard InChI is InChI=1S/C17H22N6/c1-3-4-17-16(13-18)19-20-23(17)15-7-5-14(6-8-15)22-11-9-21(2)10-12-22/h5-8H,3-4,9-12H2,1-2H3. The Hall–Kier alpha value is -2.39. The molecule has 0 aliphatic carbocycles. The topological polar surface area (TPSA) is 61.0 Å². The van der Waals surface area contributed by atoms with E-state index in [4.69, 9.17) is 5.26 Å². The average Bonchev–Trinajstić information content (AvgIpc) is 2.99. The van der Waals surface area contributed by atoms with Gasteiger partial charge in [0, 0.05) is 31.9 Å². The molecule has 2 heterocycles. The number of nitrogens with zero attached hydrogens (tertiary/aromatic N) is 6. The molecule has 0 radical (unpaired) electrons. The first-order valence-corrected chi connectivity index (χ1v) is 8.11. The van der Waals surface area contributed by atoms with Crippen molar-refractivity contribution in [1.82, 2.24) is 19.9 Å². The Morgan fingerprint density at radius 3 is 2.35 bits per heavy atom. The van der Waals surface area contributed by atoms with Gasteiger partial charge in [-0.15, -0.1) is 5.10 Å². The van der Waals surface area contributed by atoms with Gasteiger partial charge in [-0.1, -0.05) is 18.6 Å². The zero-order valence-electron chi connectivity index (χ0n) is 13.7. The van der Waals surface area contributed by atoms with Crippen molar-refractivity contribution in [2.45, 2.75) is 19.8 Å². The van der Waals surface area contributed by atoms with Crippen molar-refractivity contribution in [2.75, 3.05) is 38.1 Å². The normalized spacial score (nSPS) is 15.6. The van der Waals surface area contributed by atoms with Gasteiger partial charge in [-0.25, -0.2) is 4.68 Å². The third-order valence-electron chi connectivity index (χ3n) is 4.32. The fourth-order valence-electron chi connectivity index (χ4n) is 2.93. The molecule has 3 rings (SSSR count). The summed E-state index contributed by atoms with van der Waals surface area (Å²) >= 11 is 0. The summed E-state index contributed by atoms with van der Waals surface area (Å²) in [6.07, 6.45) is 1.76. The highest BCUT2D eigenvalue weighted by Crippen LogP contribution is 2.20. The average molecular weight is 310 g/mol. The molecule has 6 nitrogen and oxygen atoms in total. The Morgan fingerprint density at radius 1 is 1.09 bits per heavy atom. The lowest BCUT2D eigenvalue weighted by molar-refractivity contribution is 0.313. The Labute approximate surface area is 136 Å². The molecule has 0 atom stereocenters. The number of benzene rings is 1. The van der Waals surface area contributed by atoms with Crippen LogP contribution in [0.3, 0.4) is 0 Å². The maximum Gasteiger partial charge on any atom is 0.186 e. The number of hydrogen-bond donors (Lipinski definition) is 0. The smallest absolute Gasteiger partial charge is 0.186 e. The molecule has 120 valence electrons. The van der Waals surface area contributed by atoms with Crippen LogP contribution in [0, 0.1) is 11.3 Å². The van der Waals surface area contributed by atoms with Gasteiger partial charge in [-0.05, 0) is 37.7 Å². The number of rotatable bonds is 4. The van der Waals surface area contributed by atoms with Gasteiger partial charge in [0.25, 0.3) is 0 Å². The fraction of sp³-hybridized carbons (Fsp3) is 0.471. The first-order chi connectivity index (χ1) is 11.2. The van der Waals surface area contributed by atoms with Crippen molar-refractivity contribution >= 4 is 5.69 Å². The van der Waals surface area contributed by atoms with E-state index in [1.807, 2.05) is 0 Å². The number of piperazine rings is 1. The van der Waals surface area contributed by atoms with Crippen LogP contribution in [0.25, 0.3) is 5.69 Å². The molecule has 1 fully saturated rings. The van der Waals surface area contributed by atoms with E-state index in [1.54, 1.807) is 4.68 Å². The Morgan fingerprint density at radius 2 is 1.74 bits per heavy atom. The van der Waals surface area contributed by atoms with Crippen molar-refractivity contribution in [3.05, 3.63) is 35.7 Å². The molecule has 1 aromatic heterocycles. The SMILES string of the molecule is CCCc1c(C#N)nnn1-c1ccc(N2CCN(C)CC2)cc1. The van der Waals surface area contributed by atoms with Crippen LogP contribution in [0.2, 0.25) is 0 Å². The first kappa shape index (κ1) is 15.5. The third kappa shape index (κ3) is 3.20. The van der Waals surface area contributed by atoms with E-state index in [9.17, 15) is 0 Å². The van der Waals surface area contributed by atoms with Crippen LogP contribution in [0.4, 0.5) is 5.69 Å². The molecule has 6 heteroatoms. The van der Waals surface area contributed by atoms with Gasteiger partial charge in [0.05, 0.1) is 11.4 Å². The van der Waals surface area contributed by atoms with Gasteiger partial charge in [0.1, 0.15) is 6.07 Å². The number of likely N-dealkylation sites (N-methyl/N-ethyl adjacent to an activating group) is 1. The van der Waals surface area contributed by atoms with Gasteiger partial charge in [0.15, 0.2) is 5.69 Å². The van der Waals surface area contributed by atoms with Crippen LogP contribution in [0.1, 0.15) is 24.7 Å². The molecule has 23 heavy (non-hydrogen) atoms. The summed E-state index contributed by atoms with van der Waals surface area (Å²) in [7, 11) is 2.16. The summed E-state index contributed by atoms with van der Waals surface area (Å²) in [5, 5.41) is 17.3. The second-order valence-electron chi connectivity index (χ2n) is 5.97. The third-order valence-corrected chi connectivity index (χ3v) is 4.32. The molecule has 0 amide bonds. The maximum absolute atomic E-state index is 9.16. The minimum absolute atomic E-state index is 0.426. The summed E-state index contributed by atoms with van der Waals surface area (Å²) < 4.78 is 1.79. The summed E-state index contributed by atoms with van der Waals surface area (Å²) in [5.41, 5.74) is 3.51. The number of anilines is 1. The van der Waals surface area contributed by atoms with Crippen molar-refractivity contribution in [3.63, 3.8) is 0 Å². The monoisotopic (exact) mass is 310 g/mol. The van der Waals surface area contributed by atoms with Crippen LogP contribution >= 0.6 is 0 Å². The second-order valence-corrected chi connectivity index (χ2v) is 5.97. The molecule has 0 unspecified atom stereocenters. The van der Waals surface area contributed by atoms with Crippen molar-refractivity contribution in [3.8, 4) is 11.8 Å². The minimum Gasteiger partial charge on any atom is -0.369 e. The van der Waals surface area contributed by atoms with Crippen LogP contribution in [0.15, 0.2) is 24.3 Å². The van der Waals surface area contributed by atoms with Crippen molar-refractivity contribution < 1.29 is 0 Å². The van der Waals surface area contributed by atoms with Gasteiger partial charge in [-0.3, -0.25) is 0 Å². The van der Waals surface area contributed by atoms with Crippen LogP contribution in [-0.4, -0.2) is 53.1 Å². The maximum atomic E-state index is 9.16. The molecule has 1 aliphatic heterocycles. The Kier molecular flexibility index (Phi) is 4.58. The predicted molar refractivity (Wildman–Crippen MR) is 89.8 cm³/mol. The molecule has 1 aliphatic rings. The van der Waals surface area contributed by atoms with E-state index in [-0.39, 0.29) is 0 Å². The van der Waals surface area contributed by atoms with Gasteiger partial charge >= 0.3 is 0 Å². The highest BCUT2D eigenvalue weighted by atomic mass is 15.4. The van der Waals surface area contributed by atoms with Crippen molar-refractivity contribution in [1.29, 1.82) is 5.26 Å². The van der Waals surface area contributed by atoms with E-state index in [1.165, 1.54) is 5.69 Å². The lowest BCUT2D eigenvalue weighted by atomic mass is 10.2. The quantitative estimate of drug-likeness (QED) is 0.862. The van der Waals surface area contributed by atoms with E-state index in [0.717, 1.165) is 50.4 Å². The number of aromatic nitrogens is 3. The molecular formula is C17H22N6. The summed E-state index contributed by atoms with van der Waals surface area (Å²) in [6.45, 7) is 6.39. The number of nitriles is 1. The van der Waals surface area contributed by atoms with Gasteiger partial charge < -0.3 is 9.80 Å². The minimum atomic E-state index is 0.426. The van der Waals surface area contributed by atoms with Gasteiger partial charge in [-0.2, -0.15) is 5.26 Å². The van der Waals surface area contributed by atoms with Crippen LogP contribution < -0.4 is 4.90 Å². The van der Waals surface area contributed by atoms with Crippen LogP contribution in [0.5, 0.6) is 0 Å². The number of hydrogen-bond acceptors (Lipinski definition) is 5. The fourth-order valence-corrected chi connectivity index (χ4v) is 2.93. The highest BCUT2D eigenvalue weighted by Gasteiger charge is 2.16. The summed E-state index contributed by atoms with van der Waals surface area (Å²) in [5.74, 6) is 0. The Balaban J connectivity index is 1.83. The van der Waals surface area contributed by atoms with Crippen LogP contribution in [-0.2, 0) is 6.42 Å². The van der Waals surface area contributed by atoms with Crippen molar-refractivity contribution in [2.24, 2.45) is 0 Å². The molecule has 0 saturated carbocycles. The van der Waals surface area contributed by atoms with E-state index >= 15 is 0 Å². The molecule has 1 saturated heterocycles. The van der Waals surface area contributed by atoms with E-state index in [2.05, 4.69) is 64.4 Å². The second kappa shape index (κ2) is 6.80. The Bertz CT molecular complexity index is 689. The lowest BCUT2D eigenvalue weighted by Crippen LogP contribution is -2.44. The largest absolute Gasteiger partial charge is 0.369 e. The molecular weight excluding hydrogens is 288 g/mol.